The fourth-order valence-electron chi connectivity index (χ4n) is 4.58. The molecule has 2 radical (unpaired) electrons. The Hall–Kier alpha value is -0.474. The Morgan fingerprint density at radius 1 is 0.941 bits per heavy atom. The summed E-state index contributed by atoms with van der Waals surface area (Å²) in [5.41, 5.74) is 2.24. The summed E-state index contributed by atoms with van der Waals surface area (Å²) in [7, 11) is -1.14. The minimum atomic E-state index is -1.27. The second-order valence-corrected chi connectivity index (χ2v) is 22.0. The molecule has 0 unspecified atom stereocenters. The molecule has 2 heterocycles. The maximum atomic E-state index is 15.8. The first-order valence-electron chi connectivity index (χ1n) is 13.5. The van der Waals surface area contributed by atoms with Crippen molar-refractivity contribution in [3.63, 3.8) is 0 Å². The summed E-state index contributed by atoms with van der Waals surface area (Å²) in [6.45, 7) is 18.9. The van der Waals surface area contributed by atoms with E-state index in [9.17, 15) is 0 Å². The van der Waals surface area contributed by atoms with Gasteiger partial charge in [0.05, 0.1) is 0 Å². The van der Waals surface area contributed by atoms with Gasteiger partial charge in [0, 0.05) is 0 Å². The van der Waals surface area contributed by atoms with Crippen molar-refractivity contribution >= 4 is 43.8 Å². The van der Waals surface area contributed by atoms with E-state index in [1.807, 2.05) is 18.5 Å². The summed E-state index contributed by atoms with van der Waals surface area (Å²) in [4.78, 5) is 4.68. The molecular formula is C27H48FN3OSiSn. The van der Waals surface area contributed by atoms with Gasteiger partial charge in [-0.25, -0.2) is 0 Å². The number of pyridine rings is 1. The van der Waals surface area contributed by atoms with Crippen molar-refractivity contribution in [3.05, 3.63) is 17.2 Å². The summed E-state index contributed by atoms with van der Waals surface area (Å²) in [5, 5.41) is 5.77. The van der Waals surface area contributed by atoms with Crippen LogP contribution in [0.5, 0.6) is 0 Å². The Morgan fingerprint density at radius 2 is 1.50 bits per heavy atom. The second kappa shape index (κ2) is 13.7. The van der Waals surface area contributed by atoms with Crippen LogP contribution in [-0.2, 0) is 11.5 Å². The zero-order chi connectivity index (χ0) is 25.4. The third-order valence-electron chi connectivity index (χ3n) is 6.79. The summed E-state index contributed by atoms with van der Waals surface area (Å²) >= 11 is -1.27. The molecule has 0 aromatic carbocycles. The van der Waals surface area contributed by atoms with E-state index >= 15 is 4.39 Å². The van der Waals surface area contributed by atoms with Crippen LogP contribution >= 0.6 is 0 Å². The molecule has 0 fully saturated rings. The number of fused-ring (bicyclic) bond motifs is 1. The standard InChI is InChI=1S/C14H21FN3OSi.C13H27.Sn/c1-10-12-8-13(15)11(2)16-14(12)18(17-10)9-19-6-7-20(3,4)5;1-4-7-10-13(11-8-5-2)12-9-6-3;/h6-7,9H2,1-5H3;4-12H2,1-3H3;. The Bertz CT molecular complexity index is 888. The van der Waals surface area contributed by atoms with Crippen LogP contribution in [0, 0.1) is 19.7 Å². The first kappa shape index (κ1) is 29.8. The molecule has 7 heteroatoms. The number of aryl methyl sites for hydroxylation is 2. The zero-order valence-corrected chi connectivity index (χ0v) is 27.0. The van der Waals surface area contributed by atoms with E-state index < -0.39 is 29.2 Å². The molecular weight excluding hydrogens is 548 g/mol. The van der Waals surface area contributed by atoms with Crippen LogP contribution in [0.25, 0.3) is 11.0 Å². The van der Waals surface area contributed by atoms with Gasteiger partial charge in [-0.05, 0) is 0 Å². The zero-order valence-electron chi connectivity index (χ0n) is 23.1. The van der Waals surface area contributed by atoms with Crippen molar-refractivity contribution in [1.82, 2.24) is 14.8 Å². The molecule has 0 amide bonds. The SMILES string of the molecule is CCCC[C](CCCC)(CCCC)[Sn][c]1c(F)c(C)nc2c1c(C)nn2COCC[Si](C)(C)C. The first-order chi connectivity index (χ1) is 16.1. The van der Waals surface area contributed by atoms with Crippen molar-refractivity contribution in [2.75, 3.05) is 6.61 Å². The Kier molecular flexibility index (Phi) is 12.0. The van der Waals surface area contributed by atoms with E-state index in [0.717, 1.165) is 33.0 Å². The molecule has 2 aromatic heterocycles. The number of unbranched alkanes of at least 4 members (excludes halogenated alkanes) is 3. The van der Waals surface area contributed by atoms with E-state index in [1.54, 1.807) is 0 Å². The van der Waals surface area contributed by atoms with E-state index in [4.69, 9.17) is 9.84 Å². The van der Waals surface area contributed by atoms with E-state index in [0.29, 0.717) is 15.9 Å². The van der Waals surface area contributed by atoms with Crippen molar-refractivity contribution in [2.45, 2.75) is 128 Å². The minimum absolute atomic E-state index is 0.0599. The van der Waals surface area contributed by atoms with E-state index in [1.165, 1.54) is 57.8 Å². The summed E-state index contributed by atoms with van der Waals surface area (Å²) in [6.07, 6.45) is 11.1. The molecule has 0 aliphatic heterocycles. The van der Waals surface area contributed by atoms with Crippen molar-refractivity contribution in [3.8, 4) is 0 Å². The normalized spacial score (nSPS) is 12.7. The molecule has 0 bridgehead atoms. The molecule has 4 nitrogen and oxygen atoms in total. The number of rotatable bonds is 16. The monoisotopic (exact) mass is 597 g/mol. The molecule has 0 aliphatic rings. The van der Waals surface area contributed by atoms with Crippen molar-refractivity contribution in [1.29, 1.82) is 0 Å². The molecule has 0 N–H and O–H groups in total. The van der Waals surface area contributed by atoms with Crippen LogP contribution in [0.15, 0.2) is 0 Å². The quantitative estimate of drug-likeness (QED) is 0.148. The summed E-state index contributed by atoms with van der Waals surface area (Å²) < 4.78 is 25.0. The van der Waals surface area contributed by atoms with E-state index in [-0.39, 0.29) is 5.82 Å². The summed E-state index contributed by atoms with van der Waals surface area (Å²) in [5.74, 6) is -0.0599. The predicted molar refractivity (Wildman–Crippen MR) is 148 cm³/mol. The van der Waals surface area contributed by atoms with Gasteiger partial charge in [0.2, 0.25) is 0 Å². The Labute approximate surface area is 219 Å². The molecule has 2 rings (SSSR count). The number of halogens is 1. The third-order valence-corrected chi connectivity index (χ3v) is 14.2. The Balaban J connectivity index is 2.46. The van der Waals surface area contributed by atoms with Gasteiger partial charge >= 0.3 is 220 Å². The number of hydrogen-bond donors (Lipinski definition) is 0. The fraction of sp³-hybridized carbons (Fsp3) is 0.778. The summed E-state index contributed by atoms with van der Waals surface area (Å²) in [6, 6.07) is 1.13. The molecule has 0 saturated heterocycles. The third kappa shape index (κ3) is 8.29. The molecule has 0 atom stereocenters. The van der Waals surface area contributed by atoms with Crippen molar-refractivity contribution in [2.24, 2.45) is 0 Å². The van der Waals surface area contributed by atoms with Gasteiger partial charge in [0.1, 0.15) is 0 Å². The fourth-order valence-corrected chi connectivity index (χ4v) is 11.5. The van der Waals surface area contributed by atoms with Gasteiger partial charge in [-0.15, -0.1) is 0 Å². The van der Waals surface area contributed by atoms with Gasteiger partial charge in [0.15, 0.2) is 0 Å². The number of aromatic nitrogens is 3. The van der Waals surface area contributed by atoms with Crippen LogP contribution in [0.4, 0.5) is 4.39 Å². The maximum absolute atomic E-state index is 15.8. The van der Waals surface area contributed by atoms with E-state index in [2.05, 4.69) is 45.4 Å². The van der Waals surface area contributed by atoms with Gasteiger partial charge in [-0.3, -0.25) is 0 Å². The molecule has 0 saturated carbocycles. The number of nitrogens with zero attached hydrogens (tertiary/aromatic N) is 3. The Morgan fingerprint density at radius 3 is 2.00 bits per heavy atom. The van der Waals surface area contributed by atoms with Crippen LogP contribution in [0.1, 0.15) is 89.9 Å². The number of ether oxygens (including phenoxy) is 1. The van der Waals surface area contributed by atoms with Crippen molar-refractivity contribution < 1.29 is 9.13 Å². The predicted octanol–water partition coefficient (Wildman–Crippen LogP) is 7.56. The molecule has 0 aliphatic carbocycles. The first-order valence-corrected chi connectivity index (χ1v) is 20.0. The molecule has 192 valence electrons. The van der Waals surface area contributed by atoms with Crippen LogP contribution in [-0.4, -0.2) is 50.6 Å². The van der Waals surface area contributed by atoms with Gasteiger partial charge < -0.3 is 0 Å². The number of hydrogen-bond acceptors (Lipinski definition) is 3. The molecule has 2 aromatic rings. The van der Waals surface area contributed by atoms with Gasteiger partial charge in [-0.1, -0.05) is 0 Å². The average molecular weight is 596 g/mol. The van der Waals surface area contributed by atoms with Crippen LogP contribution in [0.2, 0.25) is 29.1 Å². The van der Waals surface area contributed by atoms with Gasteiger partial charge in [0.25, 0.3) is 0 Å². The van der Waals surface area contributed by atoms with Crippen LogP contribution < -0.4 is 3.58 Å². The second-order valence-electron chi connectivity index (χ2n) is 11.2. The average Bonchev–Trinajstić information content (AvgIpc) is 3.09. The topological polar surface area (TPSA) is 39.9 Å². The molecule has 0 spiro atoms. The van der Waals surface area contributed by atoms with Crippen LogP contribution in [0.3, 0.4) is 0 Å². The van der Waals surface area contributed by atoms with Gasteiger partial charge in [-0.2, -0.15) is 0 Å². The molecule has 34 heavy (non-hydrogen) atoms.